The lowest BCUT2D eigenvalue weighted by Gasteiger charge is -2.35. The van der Waals surface area contributed by atoms with Crippen molar-refractivity contribution >= 4 is 11.8 Å². The molecule has 1 aliphatic heterocycles. The summed E-state index contributed by atoms with van der Waals surface area (Å²) in [4.78, 5) is 20.1. The van der Waals surface area contributed by atoms with Gasteiger partial charge in [-0.25, -0.2) is 9.78 Å². The van der Waals surface area contributed by atoms with Gasteiger partial charge in [-0.15, -0.1) is 0 Å². The Morgan fingerprint density at radius 1 is 1.32 bits per heavy atom. The minimum Gasteiger partial charge on any atom is -0.478 e. The largest absolute Gasteiger partial charge is 0.478 e. The topological polar surface area (TPSA) is 56.7 Å². The van der Waals surface area contributed by atoms with Crippen molar-refractivity contribution in [2.45, 2.75) is 20.3 Å². The molecule has 0 aromatic carbocycles. The lowest BCUT2D eigenvalue weighted by atomic mass is 10.2. The van der Waals surface area contributed by atoms with Crippen LogP contribution in [0.15, 0.2) is 12.1 Å². The van der Waals surface area contributed by atoms with Gasteiger partial charge in [0.15, 0.2) is 0 Å². The molecule has 0 amide bonds. The molecular weight excluding hydrogens is 242 g/mol. The second-order valence-electron chi connectivity index (χ2n) is 4.94. The molecule has 1 fully saturated rings. The summed E-state index contributed by atoms with van der Waals surface area (Å²) in [5, 5.41) is 9.00. The minimum atomic E-state index is -0.913. The molecule has 0 bridgehead atoms. The summed E-state index contributed by atoms with van der Waals surface area (Å²) in [7, 11) is 0. The van der Waals surface area contributed by atoms with Crippen molar-refractivity contribution in [3.8, 4) is 0 Å². The number of carboxylic acid groups (broad SMARTS) is 1. The molecule has 1 aromatic heterocycles. The van der Waals surface area contributed by atoms with Gasteiger partial charge in [0.1, 0.15) is 5.82 Å². The second-order valence-corrected chi connectivity index (χ2v) is 4.94. The van der Waals surface area contributed by atoms with Crippen LogP contribution in [0.1, 0.15) is 29.4 Å². The average molecular weight is 263 g/mol. The Morgan fingerprint density at radius 2 is 2.00 bits per heavy atom. The van der Waals surface area contributed by atoms with Crippen LogP contribution in [0.3, 0.4) is 0 Å². The molecule has 5 nitrogen and oxygen atoms in total. The maximum atomic E-state index is 11.0. The molecule has 2 rings (SSSR count). The molecule has 2 heterocycles. The van der Waals surface area contributed by atoms with Crippen molar-refractivity contribution < 1.29 is 9.90 Å². The first-order valence-corrected chi connectivity index (χ1v) is 6.80. The predicted molar refractivity (Wildman–Crippen MR) is 74.9 cm³/mol. The van der Waals surface area contributed by atoms with Crippen LogP contribution in [-0.4, -0.2) is 53.7 Å². The number of aromatic carboxylic acids is 1. The van der Waals surface area contributed by atoms with Gasteiger partial charge in [-0.3, -0.25) is 4.90 Å². The molecule has 0 spiro atoms. The van der Waals surface area contributed by atoms with Crippen molar-refractivity contribution in [2.75, 3.05) is 37.6 Å². The number of rotatable bonds is 4. The van der Waals surface area contributed by atoms with E-state index in [-0.39, 0.29) is 5.56 Å². The van der Waals surface area contributed by atoms with Gasteiger partial charge in [0, 0.05) is 26.2 Å². The smallest absolute Gasteiger partial charge is 0.337 e. The highest BCUT2D eigenvalue weighted by Crippen LogP contribution is 2.17. The van der Waals surface area contributed by atoms with Crippen LogP contribution in [0.5, 0.6) is 0 Å². The van der Waals surface area contributed by atoms with Gasteiger partial charge in [-0.1, -0.05) is 6.92 Å². The van der Waals surface area contributed by atoms with Gasteiger partial charge in [-0.2, -0.15) is 0 Å². The Hall–Kier alpha value is -1.62. The fourth-order valence-corrected chi connectivity index (χ4v) is 2.47. The number of piperazine rings is 1. The zero-order valence-electron chi connectivity index (χ0n) is 11.6. The van der Waals surface area contributed by atoms with E-state index in [0.717, 1.165) is 38.5 Å². The summed E-state index contributed by atoms with van der Waals surface area (Å²) >= 11 is 0. The monoisotopic (exact) mass is 263 g/mol. The average Bonchev–Trinajstić information content (AvgIpc) is 2.39. The van der Waals surface area contributed by atoms with Crippen molar-refractivity contribution in [1.29, 1.82) is 0 Å². The van der Waals surface area contributed by atoms with E-state index in [1.807, 2.05) is 6.07 Å². The molecule has 0 aliphatic carbocycles. The van der Waals surface area contributed by atoms with Gasteiger partial charge < -0.3 is 10.0 Å². The molecule has 0 unspecified atom stereocenters. The predicted octanol–water partition coefficient (Wildman–Crippen LogP) is 1.62. The molecule has 0 saturated carbocycles. The molecule has 1 N–H and O–H groups in total. The summed E-state index contributed by atoms with van der Waals surface area (Å²) in [6.45, 7) is 9.11. The normalized spacial score (nSPS) is 16.6. The quantitative estimate of drug-likeness (QED) is 0.894. The highest BCUT2D eigenvalue weighted by Gasteiger charge is 2.18. The Kier molecular flexibility index (Phi) is 4.37. The van der Waals surface area contributed by atoms with Crippen LogP contribution < -0.4 is 4.90 Å². The first-order valence-electron chi connectivity index (χ1n) is 6.80. The molecule has 104 valence electrons. The lowest BCUT2D eigenvalue weighted by molar-refractivity contribution is 0.0695. The SMILES string of the molecule is CCCN1CCN(c2ccc(C(=O)O)c(C)n2)CC1. The van der Waals surface area contributed by atoms with Gasteiger partial charge in [0.05, 0.1) is 11.3 Å². The molecule has 5 heteroatoms. The van der Waals surface area contributed by atoms with Crippen LogP contribution >= 0.6 is 0 Å². The summed E-state index contributed by atoms with van der Waals surface area (Å²) < 4.78 is 0. The minimum absolute atomic E-state index is 0.286. The van der Waals surface area contributed by atoms with E-state index in [4.69, 9.17) is 5.11 Å². The van der Waals surface area contributed by atoms with Crippen LogP contribution in [-0.2, 0) is 0 Å². The van der Waals surface area contributed by atoms with Crippen LogP contribution in [0, 0.1) is 6.92 Å². The standard InChI is InChI=1S/C14H21N3O2/c1-3-6-16-7-9-17(10-8-16)13-5-4-12(14(18)19)11(2)15-13/h4-5H,3,6-10H2,1-2H3,(H,18,19). The van der Waals surface area contributed by atoms with Gasteiger partial charge in [-0.05, 0) is 32.0 Å². The van der Waals surface area contributed by atoms with Gasteiger partial charge in [0.25, 0.3) is 0 Å². The lowest BCUT2D eigenvalue weighted by Crippen LogP contribution is -2.46. The number of nitrogens with zero attached hydrogens (tertiary/aromatic N) is 3. The molecule has 0 atom stereocenters. The number of aryl methyl sites for hydroxylation is 1. The number of aromatic nitrogens is 1. The van der Waals surface area contributed by atoms with E-state index >= 15 is 0 Å². The maximum absolute atomic E-state index is 11.0. The zero-order valence-corrected chi connectivity index (χ0v) is 11.6. The van der Waals surface area contributed by atoms with E-state index in [1.165, 1.54) is 6.42 Å². The number of anilines is 1. The second kappa shape index (κ2) is 6.02. The summed E-state index contributed by atoms with van der Waals surface area (Å²) in [5.41, 5.74) is 0.870. The van der Waals surface area contributed by atoms with Crippen molar-refractivity contribution in [3.05, 3.63) is 23.4 Å². The third-order valence-electron chi connectivity index (χ3n) is 3.54. The Balaban J connectivity index is 2.04. The maximum Gasteiger partial charge on any atom is 0.337 e. The Morgan fingerprint density at radius 3 is 2.53 bits per heavy atom. The third kappa shape index (κ3) is 3.23. The molecular formula is C14H21N3O2. The number of carboxylic acids is 1. The van der Waals surface area contributed by atoms with Crippen molar-refractivity contribution in [1.82, 2.24) is 9.88 Å². The van der Waals surface area contributed by atoms with Crippen LogP contribution in [0.25, 0.3) is 0 Å². The summed E-state index contributed by atoms with van der Waals surface area (Å²) in [6, 6.07) is 3.46. The highest BCUT2D eigenvalue weighted by atomic mass is 16.4. The van der Waals surface area contributed by atoms with E-state index in [0.29, 0.717) is 5.69 Å². The van der Waals surface area contributed by atoms with E-state index < -0.39 is 5.97 Å². The van der Waals surface area contributed by atoms with Crippen LogP contribution in [0.2, 0.25) is 0 Å². The molecule has 19 heavy (non-hydrogen) atoms. The number of pyridine rings is 1. The number of hydrogen-bond donors (Lipinski definition) is 1. The van der Waals surface area contributed by atoms with Crippen molar-refractivity contribution in [3.63, 3.8) is 0 Å². The Labute approximate surface area is 113 Å². The third-order valence-corrected chi connectivity index (χ3v) is 3.54. The molecule has 0 radical (unpaired) electrons. The van der Waals surface area contributed by atoms with E-state index in [1.54, 1.807) is 13.0 Å². The molecule has 1 aliphatic rings. The summed E-state index contributed by atoms with van der Waals surface area (Å²) in [6.07, 6.45) is 1.19. The number of carbonyl (C=O) groups is 1. The molecule has 1 aromatic rings. The first kappa shape index (κ1) is 13.8. The van der Waals surface area contributed by atoms with E-state index in [2.05, 4.69) is 21.7 Å². The fraction of sp³-hybridized carbons (Fsp3) is 0.571. The highest BCUT2D eigenvalue weighted by molar-refractivity contribution is 5.89. The van der Waals surface area contributed by atoms with Crippen molar-refractivity contribution in [2.24, 2.45) is 0 Å². The fourth-order valence-electron chi connectivity index (χ4n) is 2.47. The van der Waals surface area contributed by atoms with Gasteiger partial charge in [0.2, 0.25) is 0 Å². The Bertz CT molecular complexity index is 454. The summed E-state index contributed by atoms with van der Waals surface area (Å²) in [5.74, 6) is -0.0250. The first-order chi connectivity index (χ1) is 9.11. The molecule has 1 saturated heterocycles. The van der Waals surface area contributed by atoms with E-state index in [9.17, 15) is 4.79 Å². The van der Waals surface area contributed by atoms with Gasteiger partial charge >= 0.3 is 5.97 Å². The number of hydrogen-bond acceptors (Lipinski definition) is 4. The van der Waals surface area contributed by atoms with Crippen LogP contribution in [0.4, 0.5) is 5.82 Å². The zero-order chi connectivity index (χ0) is 13.8.